The second kappa shape index (κ2) is 5.77. The highest BCUT2D eigenvalue weighted by molar-refractivity contribution is 7.99. The Hall–Kier alpha value is -2.02. The van der Waals surface area contributed by atoms with Gasteiger partial charge in [0.1, 0.15) is 6.04 Å². The number of carbonyl (C=O) groups excluding carboxylic acids is 3. The number of urea groups is 1. The standard InChI is InChI=1S/C14H15N3O3S/c18-12(7-10-13(19)17-14(20)16-10)15-9-5-6-21-11-4-2-1-3-8(9)11/h1-4,9-10H,5-7H2,(H,15,18)(H2,16,17,19,20). The molecular formula is C14H15N3O3S. The molecular weight excluding hydrogens is 290 g/mol. The molecule has 2 unspecified atom stereocenters. The Kier molecular flexibility index (Phi) is 3.83. The zero-order valence-corrected chi connectivity index (χ0v) is 12.0. The molecule has 7 heteroatoms. The van der Waals surface area contributed by atoms with Gasteiger partial charge in [-0.05, 0) is 18.1 Å². The van der Waals surface area contributed by atoms with Crippen molar-refractivity contribution in [1.82, 2.24) is 16.0 Å². The van der Waals surface area contributed by atoms with Gasteiger partial charge in [0.05, 0.1) is 12.5 Å². The third-order valence-corrected chi connectivity index (χ3v) is 4.66. The van der Waals surface area contributed by atoms with Crippen LogP contribution in [0.25, 0.3) is 0 Å². The van der Waals surface area contributed by atoms with E-state index in [-0.39, 0.29) is 18.4 Å². The van der Waals surface area contributed by atoms with Crippen LogP contribution in [0.2, 0.25) is 0 Å². The first-order valence-corrected chi connectivity index (χ1v) is 7.74. The lowest BCUT2D eigenvalue weighted by atomic mass is 10.0. The highest BCUT2D eigenvalue weighted by atomic mass is 32.2. The molecule has 1 aromatic rings. The minimum absolute atomic E-state index is 0.0323. The number of rotatable bonds is 3. The zero-order chi connectivity index (χ0) is 14.8. The third kappa shape index (κ3) is 3.02. The van der Waals surface area contributed by atoms with Gasteiger partial charge in [0, 0.05) is 10.6 Å². The van der Waals surface area contributed by atoms with Gasteiger partial charge in [-0.1, -0.05) is 18.2 Å². The topological polar surface area (TPSA) is 87.3 Å². The molecule has 3 rings (SSSR count). The van der Waals surface area contributed by atoms with Crippen LogP contribution in [0.1, 0.15) is 24.4 Å². The first-order chi connectivity index (χ1) is 10.1. The van der Waals surface area contributed by atoms with E-state index < -0.39 is 18.0 Å². The van der Waals surface area contributed by atoms with Crippen LogP contribution in [0.3, 0.4) is 0 Å². The number of hydrogen-bond donors (Lipinski definition) is 3. The number of thioether (sulfide) groups is 1. The summed E-state index contributed by atoms with van der Waals surface area (Å²) in [6.07, 6.45) is 0.819. The van der Waals surface area contributed by atoms with Gasteiger partial charge in [-0.25, -0.2) is 4.79 Å². The predicted octanol–water partition coefficient (Wildman–Crippen LogP) is 0.938. The van der Waals surface area contributed by atoms with Crippen LogP contribution in [0.5, 0.6) is 0 Å². The number of amides is 4. The fraction of sp³-hybridized carbons (Fsp3) is 0.357. The normalized spacial score (nSPS) is 24.0. The van der Waals surface area contributed by atoms with Gasteiger partial charge >= 0.3 is 6.03 Å². The summed E-state index contributed by atoms with van der Waals surface area (Å²) in [5.74, 6) is 0.265. The smallest absolute Gasteiger partial charge is 0.322 e. The molecule has 21 heavy (non-hydrogen) atoms. The SMILES string of the molecule is O=C(CC1NC(=O)NC1=O)NC1CCSc2ccccc21. The Morgan fingerprint density at radius 1 is 1.33 bits per heavy atom. The number of fused-ring (bicyclic) bond motifs is 1. The molecule has 0 spiro atoms. The lowest BCUT2D eigenvalue weighted by molar-refractivity contribution is -0.126. The zero-order valence-electron chi connectivity index (χ0n) is 11.2. The minimum atomic E-state index is -0.772. The average Bonchev–Trinajstić information content (AvgIpc) is 2.77. The van der Waals surface area contributed by atoms with E-state index >= 15 is 0 Å². The summed E-state index contributed by atoms with van der Waals surface area (Å²) in [5.41, 5.74) is 1.11. The molecule has 0 aliphatic carbocycles. The van der Waals surface area contributed by atoms with Crippen molar-refractivity contribution in [3.63, 3.8) is 0 Å². The van der Waals surface area contributed by atoms with Crippen LogP contribution in [0.4, 0.5) is 4.79 Å². The first kappa shape index (κ1) is 13.9. The van der Waals surface area contributed by atoms with E-state index in [4.69, 9.17) is 0 Å². The third-order valence-electron chi connectivity index (χ3n) is 3.54. The van der Waals surface area contributed by atoms with Crippen molar-refractivity contribution in [1.29, 1.82) is 0 Å². The van der Waals surface area contributed by atoms with E-state index in [1.165, 1.54) is 4.90 Å². The first-order valence-electron chi connectivity index (χ1n) is 6.76. The van der Waals surface area contributed by atoms with E-state index in [0.29, 0.717) is 0 Å². The highest BCUT2D eigenvalue weighted by Crippen LogP contribution is 2.35. The van der Waals surface area contributed by atoms with Crippen molar-refractivity contribution in [2.45, 2.75) is 29.8 Å². The van der Waals surface area contributed by atoms with Crippen LogP contribution in [0, 0.1) is 0 Å². The molecule has 1 aromatic carbocycles. The Morgan fingerprint density at radius 2 is 2.14 bits per heavy atom. The Labute approximate surface area is 126 Å². The second-order valence-corrected chi connectivity index (χ2v) is 6.15. The van der Waals surface area contributed by atoms with Crippen molar-refractivity contribution < 1.29 is 14.4 Å². The fourth-order valence-corrected chi connectivity index (χ4v) is 3.66. The minimum Gasteiger partial charge on any atom is -0.349 e. The predicted molar refractivity (Wildman–Crippen MR) is 77.7 cm³/mol. The molecule has 2 heterocycles. The van der Waals surface area contributed by atoms with Gasteiger partial charge < -0.3 is 10.6 Å². The molecule has 3 N–H and O–H groups in total. The van der Waals surface area contributed by atoms with Gasteiger partial charge in [-0.3, -0.25) is 14.9 Å². The van der Waals surface area contributed by atoms with Crippen LogP contribution in [-0.2, 0) is 9.59 Å². The quantitative estimate of drug-likeness (QED) is 0.725. The molecule has 0 bridgehead atoms. The van der Waals surface area contributed by atoms with E-state index in [2.05, 4.69) is 16.0 Å². The largest absolute Gasteiger partial charge is 0.349 e. The summed E-state index contributed by atoms with van der Waals surface area (Å²) < 4.78 is 0. The maximum absolute atomic E-state index is 12.1. The van der Waals surface area contributed by atoms with Crippen LogP contribution in [-0.4, -0.2) is 29.6 Å². The maximum Gasteiger partial charge on any atom is 0.322 e. The maximum atomic E-state index is 12.1. The molecule has 0 saturated carbocycles. The summed E-state index contributed by atoms with van der Waals surface area (Å²) in [4.78, 5) is 35.7. The van der Waals surface area contributed by atoms with Crippen molar-refractivity contribution in [3.05, 3.63) is 29.8 Å². The number of imide groups is 1. The summed E-state index contributed by atoms with van der Waals surface area (Å²) in [6, 6.07) is 6.64. The molecule has 4 amide bonds. The summed E-state index contributed by atoms with van der Waals surface area (Å²) in [5, 5.41) is 7.50. The average molecular weight is 305 g/mol. The molecule has 110 valence electrons. The van der Waals surface area contributed by atoms with Crippen molar-refractivity contribution >= 4 is 29.6 Å². The van der Waals surface area contributed by atoms with Gasteiger partial charge in [-0.15, -0.1) is 11.8 Å². The number of benzene rings is 1. The van der Waals surface area contributed by atoms with Gasteiger partial charge in [0.25, 0.3) is 5.91 Å². The van der Waals surface area contributed by atoms with E-state index in [0.717, 1.165) is 17.7 Å². The van der Waals surface area contributed by atoms with Crippen LogP contribution in [0.15, 0.2) is 29.2 Å². The lowest BCUT2D eigenvalue weighted by Crippen LogP contribution is -2.38. The molecule has 2 aliphatic heterocycles. The summed E-state index contributed by atoms with van der Waals surface area (Å²) in [7, 11) is 0. The second-order valence-electron chi connectivity index (χ2n) is 5.01. The van der Waals surface area contributed by atoms with E-state index in [9.17, 15) is 14.4 Å². The van der Waals surface area contributed by atoms with Gasteiger partial charge in [-0.2, -0.15) is 0 Å². The fourth-order valence-electron chi connectivity index (χ4n) is 2.53. The summed E-state index contributed by atoms with van der Waals surface area (Å²) in [6.45, 7) is 0. The highest BCUT2D eigenvalue weighted by Gasteiger charge is 2.32. The molecule has 0 aromatic heterocycles. The Balaban J connectivity index is 1.63. The number of carbonyl (C=O) groups is 3. The molecule has 2 atom stereocenters. The Bertz CT molecular complexity index is 605. The van der Waals surface area contributed by atoms with Gasteiger partial charge in [0.2, 0.25) is 5.91 Å². The van der Waals surface area contributed by atoms with Crippen molar-refractivity contribution in [3.8, 4) is 0 Å². The molecule has 1 fully saturated rings. The molecule has 2 aliphatic rings. The van der Waals surface area contributed by atoms with Crippen LogP contribution < -0.4 is 16.0 Å². The van der Waals surface area contributed by atoms with E-state index in [1.807, 2.05) is 24.3 Å². The van der Waals surface area contributed by atoms with Crippen molar-refractivity contribution in [2.24, 2.45) is 0 Å². The molecule has 0 radical (unpaired) electrons. The van der Waals surface area contributed by atoms with Crippen molar-refractivity contribution in [2.75, 3.05) is 5.75 Å². The van der Waals surface area contributed by atoms with Gasteiger partial charge in [0.15, 0.2) is 0 Å². The summed E-state index contributed by atoms with van der Waals surface area (Å²) >= 11 is 1.78. The Morgan fingerprint density at radius 3 is 2.90 bits per heavy atom. The molecule has 6 nitrogen and oxygen atoms in total. The lowest BCUT2D eigenvalue weighted by Gasteiger charge is -2.26. The van der Waals surface area contributed by atoms with E-state index in [1.54, 1.807) is 11.8 Å². The van der Waals surface area contributed by atoms with Crippen LogP contribution >= 0.6 is 11.8 Å². The monoisotopic (exact) mass is 305 g/mol. The number of nitrogens with one attached hydrogen (secondary N) is 3. The molecule has 1 saturated heterocycles. The number of hydrogen-bond acceptors (Lipinski definition) is 4.